The lowest BCUT2D eigenvalue weighted by Crippen LogP contribution is -2.11. The van der Waals surface area contributed by atoms with Crippen LogP contribution in [0.25, 0.3) is 0 Å². The summed E-state index contributed by atoms with van der Waals surface area (Å²) in [6.07, 6.45) is 2.12. The van der Waals surface area contributed by atoms with Gasteiger partial charge in [-0.1, -0.05) is 39.3 Å². The predicted molar refractivity (Wildman–Crippen MR) is 54.5 cm³/mol. The third-order valence-corrected chi connectivity index (χ3v) is 5.05. The van der Waals surface area contributed by atoms with Crippen molar-refractivity contribution in [2.75, 3.05) is 0 Å². The topological polar surface area (TPSA) is 37.3 Å². The number of hydrogen-bond acceptors (Lipinski definition) is 1. The Morgan fingerprint density at radius 2 is 2.17 bits per heavy atom. The van der Waals surface area contributed by atoms with Gasteiger partial charge in [-0.05, 0) is 5.54 Å². The maximum atomic E-state index is 10.6. The first-order valence-corrected chi connectivity index (χ1v) is 6.37. The van der Waals surface area contributed by atoms with Gasteiger partial charge in [0.05, 0.1) is 0 Å². The minimum absolute atomic E-state index is 0.245. The molecule has 0 heterocycles. The highest BCUT2D eigenvalue weighted by Gasteiger charge is 2.15. The molecule has 0 aliphatic heterocycles. The quantitative estimate of drug-likeness (QED) is 0.507. The van der Waals surface area contributed by atoms with Gasteiger partial charge in [-0.2, -0.15) is 0 Å². The van der Waals surface area contributed by atoms with Crippen LogP contribution in [0.15, 0.2) is 12.2 Å². The first-order chi connectivity index (χ1) is 5.63. The van der Waals surface area contributed by atoms with Gasteiger partial charge in [-0.3, -0.25) is 0 Å². The summed E-state index contributed by atoms with van der Waals surface area (Å²) >= 11 is 0. The van der Waals surface area contributed by atoms with Gasteiger partial charge < -0.3 is 5.11 Å². The van der Waals surface area contributed by atoms with Gasteiger partial charge in [0.1, 0.15) is 0 Å². The van der Waals surface area contributed by atoms with Crippen LogP contribution in [-0.2, 0) is 4.79 Å². The zero-order valence-corrected chi connectivity index (χ0v) is 9.38. The van der Waals surface area contributed by atoms with Crippen molar-refractivity contribution in [2.24, 2.45) is 0 Å². The van der Waals surface area contributed by atoms with Crippen molar-refractivity contribution in [3.63, 3.8) is 0 Å². The highest BCUT2D eigenvalue weighted by Crippen LogP contribution is 2.20. The van der Waals surface area contributed by atoms with Gasteiger partial charge in [0, 0.05) is 15.1 Å². The SMILES string of the molecule is C=C(C(=O)O)C(CC)[SiH2]CCC. The second-order valence-corrected chi connectivity index (χ2v) is 5.35. The molecule has 3 heteroatoms. The molecule has 0 spiro atoms. The minimum atomic E-state index is -0.814. The van der Waals surface area contributed by atoms with Gasteiger partial charge in [0.25, 0.3) is 0 Å². The highest BCUT2D eigenvalue weighted by molar-refractivity contribution is 6.40. The Hall–Kier alpha value is -0.573. The molecule has 0 bridgehead atoms. The third kappa shape index (κ3) is 3.71. The van der Waals surface area contributed by atoms with Crippen LogP contribution in [0.4, 0.5) is 0 Å². The average Bonchev–Trinajstić information content (AvgIpc) is 2.05. The Morgan fingerprint density at radius 3 is 2.50 bits per heavy atom. The van der Waals surface area contributed by atoms with Crippen LogP contribution in [0.5, 0.6) is 0 Å². The van der Waals surface area contributed by atoms with Crippen molar-refractivity contribution in [3.8, 4) is 0 Å². The van der Waals surface area contributed by atoms with E-state index in [9.17, 15) is 4.79 Å². The van der Waals surface area contributed by atoms with Crippen molar-refractivity contribution in [3.05, 3.63) is 12.2 Å². The molecule has 0 saturated heterocycles. The van der Waals surface area contributed by atoms with Gasteiger partial charge in [0.2, 0.25) is 0 Å². The van der Waals surface area contributed by atoms with E-state index in [1.54, 1.807) is 0 Å². The molecule has 1 atom stereocenters. The smallest absolute Gasteiger partial charge is 0.330 e. The fourth-order valence-corrected chi connectivity index (χ4v) is 3.08. The van der Waals surface area contributed by atoms with Crippen LogP contribution in [0.1, 0.15) is 26.7 Å². The molecule has 0 radical (unpaired) electrons. The minimum Gasteiger partial charge on any atom is -0.478 e. The van der Waals surface area contributed by atoms with Gasteiger partial charge in [0.15, 0.2) is 0 Å². The lowest BCUT2D eigenvalue weighted by Gasteiger charge is -2.12. The lowest BCUT2D eigenvalue weighted by atomic mass is 10.2. The molecule has 0 aromatic heterocycles. The van der Waals surface area contributed by atoms with Crippen molar-refractivity contribution >= 4 is 15.5 Å². The molecule has 0 fully saturated rings. The van der Waals surface area contributed by atoms with E-state index in [1.165, 1.54) is 12.5 Å². The van der Waals surface area contributed by atoms with Crippen LogP contribution in [0, 0.1) is 0 Å². The Morgan fingerprint density at radius 1 is 1.58 bits per heavy atom. The monoisotopic (exact) mass is 186 g/mol. The van der Waals surface area contributed by atoms with E-state index in [0.29, 0.717) is 11.1 Å². The van der Waals surface area contributed by atoms with E-state index < -0.39 is 5.97 Å². The summed E-state index contributed by atoms with van der Waals surface area (Å²) in [6, 6.07) is 1.23. The van der Waals surface area contributed by atoms with E-state index in [1.807, 2.05) is 6.92 Å². The number of rotatable bonds is 6. The van der Waals surface area contributed by atoms with Crippen LogP contribution in [0.3, 0.4) is 0 Å². The van der Waals surface area contributed by atoms with Crippen LogP contribution < -0.4 is 0 Å². The summed E-state index contributed by atoms with van der Waals surface area (Å²) in [4.78, 5) is 10.6. The van der Waals surface area contributed by atoms with E-state index in [4.69, 9.17) is 5.11 Å². The van der Waals surface area contributed by atoms with E-state index in [0.717, 1.165) is 6.42 Å². The molecule has 1 unspecified atom stereocenters. The zero-order chi connectivity index (χ0) is 9.56. The Kier molecular flexibility index (Phi) is 5.71. The summed E-state index contributed by atoms with van der Waals surface area (Å²) in [6.45, 7) is 7.80. The summed E-state index contributed by atoms with van der Waals surface area (Å²) in [7, 11) is -0.245. The first-order valence-electron chi connectivity index (χ1n) is 4.55. The van der Waals surface area contributed by atoms with Crippen LogP contribution >= 0.6 is 0 Å². The Bertz CT molecular complexity index is 166. The molecule has 70 valence electrons. The lowest BCUT2D eigenvalue weighted by molar-refractivity contribution is -0.132. The largest absolute Gasteiger partial charge is 0.478 e. The summed E-state index contributed by atoms with van der Waals surface area (Å²) < 4.78 is 0. The zero-order valence-electron chi connectivity index (χ0n) is 7.97. The molecule has 0 saturated carbocycles. The Balaban J connectivity index is 3.96. The number of carbonyl (C=O) groups is 1. The molecule has 0 rings (SSSR count). The highest BCUT2D eigenvalue weighted by atomic mass is 28.2. The van der Waals surface area contributed by atoms with Crippen molar-refractivity contribution in [1.82, 2.24) is 0 Å². The molecule has 1 N–H and O–H groups in total. The number of carboxylic acids is 1. The van der Waals surface area contributed by atoms with Gasteiger partial charge in [-0.25, -0.2) is 4.79 Å². The van der Waals surface area contributed by atoms with E-state index in [2.05, 4.69) is 13.5 Å². The standard InChI is InChI=1S/C9H18O2Si/c1-4-6-12-8(5-2)7(3)9(10)11/h8H,3-6,12H2,1-2H3,(H,10,11). The normalized spacial score (nSPS) is 13.5. The number of hydrogen-bond donors (Lipinski definition) is 1. The molecule has 0 aromatic carbocycles. The maximum absolute atomic E-state index is 10.6. The maximum Gasteiger partial charge on any atom is 0.330 e. The van der Waals surface area contributed by atoms with Crippen molar-refractivity contribution in [2.45, 2.75) is 38.3 Å². The number of aliphatic carboxylic acids is 1. The molecular weight excluding hydrogens is 168 g/mol. The van der Waals surface area contributed by atoms with E-state index >= 15 is 0 Å². The second kappa shape index (κ2) is 6.00. The molecule has 0 aromatic rings. The van der Waals surface area contributed by atoms with Gasteiger partial charge in [-0.15, -0.1) is 0 Å². The summed E-state index contributed by atoms with van der Waals surface area (Å²) in [5.74, 6) is -0.814. The fourth-order valence-electron chi connectivity index (χ4n) is 1.25. The fraction of sp³-hybridized carbons (Fsp3) is 0.667. The molecule has 0 amide bonds. The third-order valence-electron chi connectivity index (χ3n) is 2.17. The molecule has 0 aliphatic rings. The first kappa shape index (κ1) is 11.4. The Labute approximate surface area is 76.5 Å². The second-order valence-electron chi connectivity index (χ2n) is 3.08. The van der Waals surface area contributed by atoms with Crippen molar-refractivity contribution in [1.29, 1.82) is 0 Å². The average molecular weight is 186 g/mol. The predicted octanol–water partition coefficient (Wildman–Crippen LogP) is 1.82. The summed E-state index contributed by atoms with van der Waals surface area (Å²) in [5, 5.41) is 8.71. The number of carboxylic acid groups (broad SMARTS) is 1. The van der Waals surface area contributed by atoms with Crippen LogP contribution in [0.2, 0.25) is 11.6 Å². The summed E-state index contributed by atoms with van der Waals surface area (Å²) in [5.41, 5.74) is 0.736. The van der Waals surface area contributed by atoms with E-state index in [-0.39, 0.29) is 9.52 Å². The van der Waals surface area contributed by atoms with Gasteiger partial charge >= 0.3 is 5.97 Å². The molecule has 0 aliphatic carbocycles. The molecule has 12 heavy (non-hydrogen) atoms. The molecular formula is C9H18O2Si. The molecule has 2 nitrogen and oxygen atoms in total. The van der Waals surface area contributed by atoms with Crippen LogP contribution in [-0.4, -0.2) is 20.6 Å². The van der Waals surface area contributed by atoms with Crippen molar-refractivity contribution < 1.29 is 9.90 Å².